The van der Waals surface area contributed by atoms with E-state index in [1.54, 1.807) is 6.07 Å². The van der Waals surface area contributed by atoms with E-state index in [-0.39, 0.29) is 18.0 Å². The fourth-order valence-corrected chi connectivity index (χ4v) is 3.73. The molecule has 8 nitrogen and oxygen atoms in total. The maximum atomic E-state index is 12.3. The summed E-state index contributed by atoms with van der Waals surface area (Å²) in [4.78, 5) is 25.4. The van der Waals surface area contributed by atoms with E-state index in [1.807, 2.05) is 65.5 Å². The molecule has 1 aliphatic rings. The lowest BCUT2D eigenvalue weighted by molar-refractivity contribution is -0.119. The lowest BCUT2D eigenvalue weighted by Crippen LogP contribution is -2.54. The van der Waals surface area contributed by atoms with Crippen molar-refractivity contribution in [3.8, 4) is 17.2 Å². The van der Waals surface area contributed by atoms with Crippen molar-refractivity contribution in [2.45, 2.75) is 13.0 Å². The van der Waals surface area contributed by atoms with Crippen LogP contribution in [0.4, 0.5) is 5.69 Å². The van der Waals surface area contributed by atoms with Crippen molar-refractivity contribution < 1.29 is 23.8 Å². The number of aromatic nitrogens is 1. The standard InChI is InChI=1S/C25H27N3O5/c1-18(29)26-12-15-32-19-8-10-20(11-9-19)33-21-16-28(17-21)23-7-5-6-22(25(30)31-2)24(23)27-13-3-4-14-27/h3-11,13-14,21H,12,15-17H2,1-2H3,(H,26,29). The fourth-order valence-electron chi connectivity index (χ4n) is 3.73. The van der Waals surface area contributed by atoms with Gasteiger partial charge in [-0.15, -0.1) is 0 Å². The second-order valence-corrected chi connectivity index (χ2v) is 7.70. The molecule has 0 unspecified atom stereocenters. The predicted molar refractivity (Wildman–Crippen MR) is 124 cm³/mol. The van der Waals surface area contributed by atoms with E-state index in [9.17, 15) is 9.59 Å². The largest absolute Gasteiger partial charge is 0.492 e. The molecule has 1 fully saturated rings. The Kier molecular flexibility index (Phi) is 6.83. The molecule has 1 amide bonds. The van der Waals surface area contributed by atoms with Gasteiger partial charge >= 0.3 is 5.97 Å². The van der Waals surface area contributed by atoms with Crippen molar-refractivity contribution in [1.82, 2.24) is 9.88 Å². The van der Waals surface area contributed by atoms with Crippen LogP contribution in [0.1, 0.15) is 17.3 Å². The number of carbonyl (C=O) groups excluding carboxylic acids is 2. The van der Waals surface area contributed by atoms with E-state index < -0.39 is 0 Å². The average molecular weight is 450 g/mol. The maximum Gasteiger partial charge on any atom is 0.340 e. The Morgan fingerprint density at radius 3 is 2.36 bits per heavy atom. The van der Waals surface area contributed by atoms with E-state index in [1.165, 1.54) is 14.0 Å². The molecule has 0 bridgehead atoms. The van der Waals surface area contributed by atoms with Crippen LogP contribution in [0.5, 0.6) is 11.5 Å². The number of anilines is 1. The van der Waals surface area contributed by atoms with Crippen LogP contribution in [0.15, 0.2) is 67.0 Å². The van der Waals surface area contributed by atoms with Crippen molar-refractivity contribution in [1.29, 1.82) is 0 Å². The van der Waals surface area contributed by atoms with Crippen molar-refractivity contribution >= 4 is 17.6 Å². The van der Waals surface area contributed by atoms with E-state index in [2.05, 4.69) is 10.2 Å². The Hall–Kier alpha value is -3.94. The molecule has 3 aromatic rings. The topological polar surface area (TPSA) is 82.0 Å². The molecule has 172 valence electrons. The first-order valence-corrected chi connectivity index (χ1v) is 10.8. The molecule has 1 aliphatic heterocycles. The van der Waals surface area contributed by atoms with Gasteiger partial charge in [-0.25, -0.2) is 4.79 Å². The lowest BCUT2D eigenvalue weighted by atomic mass is 10.1. The van der Waals surface area contributed by atoms with Gasteiger partial charge in [0.05, 0.1) is 43.7 Å². The van der Waals surface area contributed by atoms with Crippen LogP contribution in [-0.2, 0) is 9.53 Å². The summed E-state index contributed by atoms with van der Waals surface area (Å²) >= 11 is 0. The Morgan fingerprint density at radius 2 is 1.70 bits per heavy atom. The number of benzene rings is 2. The first-order chi connectivity index (χ1) is 16.0. The number of para-hydroxylation sites is 1. The Bertz CT molecular complexity index is 1090. The molecule has 2 aromatic carbocycles. The molecule has 1 saturated heterocycles. The minimum atomic E-state index is -0.367. The van der Waals surface area contributed by atoms with Crippen LogP contribution < -0.4 is 19.7 Å². The summed E-state index contributed by atoms with van der Waals surface area (Å²) in [6, 6.07) is 16.9. The van der Waals surface area contributed by atoms with E-state index in [0.29, 0.717) is 31.8 Å². The van der Waals surface area contributed by atoms with E-state index in [0.717, 1.165) is 22.9 Å². The van der Waals surface area contributed by atoms with Gasteiger partial charge in [0, 0.05) is 19.3 Å². The second-order valence-electron chi connectivity index (χ2n) is 7.70. The third kappa shape index (κ3) is 5.28. The molecule has 8 heteroatoms. The van der Waals surface area contributed by atoms with Crippen LogP contribution in [0.2, 0.25) is 0 Å². The average Bonchev–Trinajstić information content (AvgIpc) is 3.33. The minimum absolute atomic E-state index is 0.0378. The number of hydrogen-bond acceptors (Lipinski definition) is 6. The monoisotopic (exact) mass is 449 g/mol. The van der Waals surface area contributed by atoms with Gasteiger partial charge < -0.3 is 29.0 Å². The van der Waals surface area contributed by atoms with Gasteiger partial charge in [0.25, 0.3) is 0 Å². The van der Waals surface area contributed by atoms with Gasteiger partial charge in [0.2, 0.25) is 5.91 Å². The number of methoxy groups -OCH3 is 1. The summed E-state index contributed by atoms with van der Waals surface area (Å²) in [5.74, 6) is 1.05. The number of esters is 1. The molecule has 4 rings (SSSR count). The minimum Gasteiger partial charge on any atom is -0.492 e. The zero-order valence-corrected chi connectivity index (χ0v) is 18.7. The van der Waals surface area contributed by atoms with E-state index in [4.69, 9.17) is 14.2 Å². The SMILES string of the molecule is COC(=O)c1cccc(N2CC(Oc3ccc(OCCNC(C)=O)cc3)C2)c1-n1cccc1. The highest BCUT2D eigenvalue weighted by molar-refractivity contribution is 5.96. The third-order valence-electron chi connectivity index (χ3n) is 5.34. The first kappa shape index (κ1) is 22.3. The molecule has 0 spiro atoms. The van der Waals surface area contributed by atoms with Crippen molar-refractivity contribution in [3.63, 3.8) is 0 Å². The molecular formula is C25H27N3O5. The van der Waals surface area contributed by atoms with Gasteiger partial charge in [-0.3, -0.25) is 4.79 Å². The van der Waals surface area contributed by atoms with E-state index >= 15 is 0 Å². The molecule has 2 heterocycles. The Balaban J connectivity index is 1.37. The van der Waals surface area contributed by atoms with Crippen molar-refractivity contribution in [2.24, 2.45) is 0 Å². The van der Waals surface area contributed by atoms with Gasteiger partial charge in [-0.2, -0.15) is 0 Å². The van der Waals surface area contributed by atoms with Gasteiger partial charge in [-0.1, -0.05) is 6.07 Å². The zero-order valence-electron chi connectivity index (χ0n) is 18.7. The van der Waals surface area contributed by atoms with Crippen molar-refractivity contribution in [3.05, 3.63) is 72.6 Å². The number of amides is 1. The number of carbonyl (C=O) groups is 2. The van der Waals surface area contributed by atoms with Crippen LogP contribution in [0, 0.1) is 0 Å². The summed E-state index contributed by atoms with van der Waals surface area (Å²) in [5.41, 5.74) is 2.27. The quantitative estimate of drug-likeness (QED) is 0.400. The summed E-state index contributed by atoms with van der Waals surface area (Å²) in [6.07, 6.45) is 3.87. The first-order valence-electron chi connectivity index (χ1n) is 10.8. The molecule has 33 heavy (non-hydrogen) atoms. The zero-order chi connectivity index (χ0) is 23.2. The molecule has 0 saturated carbocycles. The molecule has 1 N–H and O–H groups in total. The third-order valence-corrected chi connectivity index (χ3v) is 5.34. The van der Waals surface area contributed by atoms with Crippen LogP contribution in [0.3, 0.4) is 0 Å². The number of hydrogen-bond donors (Lipinski definition) is 1. The summed E-state index contributed by atoms with van der Waals surface area (Å²) in [5, 5.41) is 2.69. The highest BCUT2D eigenvalue weighted by Crippen LogP contribution is 2.33. The Labute approximate surface area is 192 Å². The molecule has 1 aromatic heterocycles. The van der Waals surface area contributed by atoms with Gasteiger partial charge in [-0.05, 0) is 48.5 Å². The Morgan fingerprint density at radius 1 is 1.00 bits per heavy atom. The number of ether oxygens (including phenoxy) is 3. The summed E-state index contributed by atoms with van der Waals surface area (Å²) < 4.78 is 18.6. The predicted octanol–water partition coefficient (Wildman–Crippen LogP) is 3.05. The second kappa shape index (κ2) is 10.1. The lowest BCUT2D eigenvalue weighted by Gasteiger charge is -2.41. The summed E-state index contributed by atoms with van der Waals surface area (Å²) in [7, 11) is 1.39. The number of nitrogens with zero attached hydrogens (tertiary/aromatic N) is 2. The summed E-state index contributed by atoms with van der Waals surface area (Å²) in [6.45, 7) is 3.76. The molecular weight excluding hydrogens is 422 g/mol. The highest BCUT2D eigenvalue weighted by Gasteiger charge is 2.32. The smallest absolute Gasteiger partial charge is 0.340 e. The highest BCUT2D eigenvalue weighted by atomic mass is 16.5. The van der Waals surface area contributed by atoms with Gasteiger partial charge in [0.15, 0.2) is 0 Å². The van der Waals surface area contributed by atoms with Crippen LogP contribution >= 0.6 is 0 Å². The normalized spacial score (nSPS) is 13.2. The van der Waals surface area contributed by atoms with Gasteiger partial charge in [0.1, 0.15) is 24.2 Å². The number of nitrogens with one attached hydrogen (secondary N) is 1. The van der Waals surface area contributed by atoms with Crippen LogP contribution in [-0.4, -0.2) is 55.9 Å². The molecule has 0 aliphatic carbocycles. The fraction of sp³-hybridized carbons (Fsp3) is 0.280. The number of rotatable bonds is 9. The molecule has 0 radical (unpaired) electrons. The van der Waals surface area contributed by atoms with Crippen LogP contribution in [0.25, 0.3) is 5.69 Å². The van der Waals surface area contributed by atoms with Crippen molar-refractivity contribution in [2.75, 3.05) is 38.3 Å². The maximum absolute atomic E-state index is 12.3. The molecule has 0 atom stereocenters.